The van der Waals surface area contributed by atoms with Gasteiger partial charge in [-0.2, -0.15) is 4.73 Å². The largest absolute Gasteiger partial charge is 0.618 e. The molecular formula is C19H22N4O4. The third-order valence-corrected chi connectivity index (χ3v) is 4.43. The first kappa shape index (κ1) is 17.5. The molecule has 27 heavy (non-hydrogen) atoms. The number of carbonyl (C=O) groups excluding carboxylic acids is 1. The van der Waals surface area contributed by atoms with Crippen LogP contribution in [0, 0.1) is 5.21 Å². The number of nitrogens with one attached hydrogen (secondary N) is 1. The van der Waals surface area contributed by atoms with Crippen molar-refractivity contribution >= 4 is 28.0 Å². The lowest BCUT2D eigenvalue weighted by Crippen LogP contribution is -2.38. The Morgan fingerprint density at radius 1 is 1.44 bits per heavy atom. The predicted octanol–water partition coefficient (Wildman–Crippen LogP) is 2.42. The lowest BCUT2D eigenvalue weighted by Gasteiger charge is -2.27. The second-order valence-electron chi connectivity index (χ2n) is 7.66. The maximum Gasteiger partial charge on any atom is 0.407 e. The molecule has 0 aliphatic carbocycles. The Labute approximate surface area is 156 Å². The number of amides is 1. The third kappa shape index (κ3) is 3.28. The van der Waals surface area contributed by atoms with E-state index in [0.29, 0.717) is 30.8 Å². The van der Waals surface area contributed by atoms with Crippen molar-refractivity contribution in [2.45, 2.75) is 39.0 Å². The zero-order chi connectivity index (χ0) is 19.2. The standard InChI is InChI=1S/C19H22N4O4/c1-19(2,3)27-18(24)20-8-12-10-26-11-16-21-14-9-22(25)15-7-5-4-6-13(15)17(14)23(12)16/h4-7,9,12H,8,10-11H2,1-3H3,(H,20,24)/t12-/m0/s1. The van der Waals surface area contributed by atoms with Gasteiger partial charge in [-0.3, -0.25) is 0 Å². The van der Waals surface area contributed by atoms with Crippen LogP contribution in [0.5, 0.6) is 0 Å². The second-order valence-corrected chi connectivity index (χ2v) is 7.66. The first-order valence-electron chi connectivity index (χ1n) is 8.90. The molecule has 0 radical (unpaired) electrons. The molecule has 142 valence electrons. The average molecular weight is 370 g/mol. The molecule has 0 saturated heterocycles. The number of hydrogen-bond donors (Lipinski definition) is 1. The predicted molar refractivity (Wildman–Crippen MR) is 99.1 cm³/mol. The van der Waals surface area contributed by atoms with E-state index in [4.69, 9.17) is 9.47 Å². The topological polar surface area (TPSA) is 92.3 Å². The molecular weight excluding hydrogens is 348 g/mol. The SMILES string of the molecule is CC(C)(C)OC(=O)NC[C@H]1COCc2nc3c[n+]([O-])c4ccccc4c3n21. The minimum absolute atomic E-state index is 0.142. The number of alkyl carbamates (subject to hydrolysis) is 1. The Bertz CT molecular complexity index is 1020. The molecule has 0 fully saturated rings. The van der Waals surface area contributed by atoms with Gasteiger partial charge in [-0.25, -0.2) is 9.78 Å². The molecule has 3 heterocycles. The highest BCUT2D eigenvalue weighted by Crippen LogP contribution is 2.29. The van der Waals surface area contributed by atoms with Crippen LogP contribution < -0.4 is 10.0 Å². The Balaban J connectivity index is 1.72. The van der Waals surface area contributed by atoms with Gasteiger partial charge in [0, 0.05) is 12.6 Å². The highest BCUT2D eigenvalue weighted by molar-refractivity contribution is 6.00. The second kappa shape index (κ2) is 6.38. The van der Waals surface area contributed by atoms with Gasteiger partial charge in [0.25, 0.3) is 0 Å². The zero-order valence-electron chi connectivity index (χ0n) is 15.6. The first-order chi connectivity index (χ1) is 12.8. The summed E-state index contributed by atoms with van der Waals surface area (Å²) in [5.74, 6) is 0.739. The minimum Gasteiger partial charge on any atom is -0.618 e. The van der Waals surface area contributed by atoms with Crippen molar-refractivity contribution < 1.29 is 19.0 Å². The van der Waals surface area contributed by atoms with Gasteiger partial charge >= 0.3 is 6.09 Å². The van der Waals surface area contributed by atoms with E-state index in [1.54, 1.807) is 6.07 Å². The molecule has 1 aliphatic heterocycles. The monoisotopic (exact) mass is 370 g/mol. The summed E-state index contributed by atoms with van der Waals surface area (Å²) in [6.07, 6.45) is 1.02. The number of ether oxygens (including phenoxy) is 2. The van der Waals surface area contributed by atoms with Gasteiger partial charge in [0.15, 0.2) is 5.52 Å². The number of benzene rings is 1. The molecule has 0 bridgehead atoms. The third-order valence-electron chi connectivity index (χ3n) is 4.43. The maximum atomic E-state index is 12.3. The summed E-state index contributed by atoms with van der Waals surface area (Å²) in [7, 11) is 0. The number of aromatic nitrogens is 3. The summed E-state index contributed by atoms with van der Waals surface area (Å²) < 4.78 is 13.9. The highest BCUT2D eigenvalue weighted by Gasteiger charge is 2.28. The summed E-state index contributed by atoms with van der Waals surface area (Å²) in [5, 5.41) is 15.9. The summed E-state index contributed by atoms with van der Waals surface area (Å²) >= 11 is 0. The van der Waals surface area contributed by atoms with Crippen molar-refractivity contribution in [1.82, 2.24) is 14.9 Å². The number of para-hydroxylation sites is 1. The summed E-state index contributed by atoms with van der Waals surface area (Å²) in [5.41, 5.74) is 1.52. The van der Waals surface area contributed by atoms with E-state index < -0.39 is 11.7 Å². The minimum atomic E-state index is -0.558. The molecule has 4 rings (SSSR count). The van der Waals surface area contributed by atoms with E-state index in [2.05, 4.69) is 14.9 Å². The van der Waals surface area contributed by atoms with E-state index in [1.165, 1.54) is 6.20 Å². The van der Waals surface area contributed by atoms with Crippen LogP contribution in [0.2, 0.25) is 0 Å². The quantitative estimate of drug-likeness (QED) is 0.552. The van der Waals surface area contributed by atoms with Gasteiger partial charge in [-0.15, -0.1) is 0 Å². The van der Waals surface area contributed by atoms with Gasteiger partial charge in [0.1, 0.15) is 18.0 Å². The van der Waals surface area contributed by atoms with Crippen LogP contribution >= 0.6 is 0 Å². The molecule has 1 atom stereocenters. The summed E-state index contributed by atoms with van der Waals surface area (Å²) in [6, 6.07) is 7.29. The molecule has 8 heteroatoms. The lowest BCUT2D eigenvalue weighted by molar-refractivity contribution is -0.575. The zero-order valence-corrected chi connectivity index (χ0v) is 15.6. The Morgan fingerprint density at radius 3 is 3.00 bits per heavy atom. The van der Waals surface area contributed by atoms with Gasteiger partial charge < -0.3 is 24.6 Å². The molecule has 8 nitrogen and oxygen atoms in total. The Morgan fingerprint density at radius 2 is 2.22 bits per heavy atom. The van der Waals surface area contributed by atoms with E-state index in [1.807, 2.05) is 39.0 Å². The van der Waals surface area contributed by atoms with Crippen LogP contribution in [-0.4, -0.2) is 34.4 Å². The van der Waals surface area contributed by atoms with Crippen molar-refractivity contribution in [3.05, 3.63) is 41.5 Å². The summed E-state index contributed by atoms with van der Waals surface area (Å²) in [4.78, 5) is 16.6. The van der Waals surface area contributed by atoms with Crippen molar-refractivity contribution in [1.29, 1.82) is 0 Å². The van der Waals surface area contributed by atoms with Gasteiger partial charge in [0.2, 0.25) is 11.7 Å². The van der Waals surface area contributed by atoms with Crippen LogP contribution in [0.15, 0.2) is 30.5 Å². The normalized spacial score (nSPS) is 17.1. The van der Waals surface area contributed by atoms with Crippen molar-refractivity contribution in [2.75, 3.05) is 13.2 Å². The first-order valence-corrected chi connectivity index (χ1v) is 8.90. The number of nitrogens with zero attached hydrogens (tertiary/aromatic N) is 3. The molecule has 2 aromatic heterocycles. The van der Waals surface area contributed by atoms with Crippen LogP contribution in [0.3, 0.4) is 0 Å². The molecule has 3 aromatic rings. The van der Waals surface area contributed by atoms with Crippen molar-refractivity contribution in [3.63, 3.8) is 0 Å². The van der Waals surface area contributed by atoms with Crippen LogP contribution in [0.1, 0.15) is 32.6 Å². The number of imidazole rings is 1. The van der Waals surface area contributed by atoms with Crippen LogP contribution in [0.25, 0.3) is 21.9 Å². The van der Waals surface area contributed by atoms with E-state index in [0.717, 1.165) is 21.5 Å². The molecule has 1 aromatic carbocycles. The van der Waals surface area contributed by atoms with E-state index in [-0.39, 0.29) is 6.04 Å². The number of rotatable bonds is 2. The van der Waals surface area contributed by atoms with E-state index >= 15 is 0 Å². The lowest BCUT2D eigenvalue weighted by atomic mass is 10.1. The fourth-order valence-corrected chi connectivity index (χ4v) is 3.42. The van der Waals surface area contributed by atoms with E-state index in [9.17, 15) is 10.0 Å². The molecule has 0 spiro atoms. The van der Waals surface area contributed by atoms with Gasteiger partial charge in [-0.05, 0) is 26.8 Å². The van der Waals surface area contributed by atoms with Gasteiger partial charge in [-0.1, -0.05) is 12.1 Å². The average Bonchev–Trinajstić information content (AvgIpc) is 2.97. The fourth-order valence-electron chi connectivity index (χ4n) is 3.42. The molecule has 0 saturated carbocycles. The van der Waals surface area contributed by atoms with Gasteiger partial charge in [0.05, 0.1) is 23.6 Å². The number of carbonyl (C=O) groups is 1. The number of fused-ring (bicyclic) bond motifs is 5. The molecule has 0 unspecified atom stereocenters. The van der Waals surface area contributed by atoms with Crippen LogP contribution in [-0.2, 0) is 16.1 Å². The summed E-state index contributed by atoms with van der Waals surface area (Å²) in [6.45, 7) is 6.61. The number of pyridine rings is 1. The van der Waals surface area contributed by atoms with Crippen molar-refractivity contribution in [3.8, 4) is 0 Å². The fraction of sp³-hybridized carbons (Fsp3) is 0.421. The Kier molecular flexibility index (Phi) is 4.15. The van der Waals surface area contributed by atoms with Crippen LogP contribution in [0.4, 0.5) is 4.79 Å². The maximum absolute atomic E-state index is 12.3. The molecule has 1 amide bonds. The Hall–Kier alpha value is -2.87. The molecule has 1 aliphatic rings. The highest BCUT2D eigenvalue weighted by atomic mass is 16.6. The smallest absolute Gasteiger partial charge is 0.407 e. The van der Waals surface area contributed by atoms with Crippen molar-refractivity contribution in [2.24, 2.45) is 0 Å². The number of hydrogen-bond acceptors (Lipinski definition) is 5. The molecule has 1 N–H and O–H groups in total.